The zero-order valence-corrected chi connectivity index (χ0v) is 57.8. The number of allylic oxidation sites excluding steroid dienone is 34. The van der Waals surface area contributed by atoms with Gasteiger partial charge in [0, 0.05) is 12.8 Å². The molecule has 0 aliphatic carbocycles. The van der Waals surface area contributed by atoms with Crippen molar-refractivity contribution in [1.29, 1.82) is 0 Å². The highest BCUT2D eigenvalue weighted by Gasteiger charge is 2.16. The van der Waals surface area contributed by atoms with Crippen molar-refractivity contribution in [3.63, 3.8) is 0 Å². The lowest BCUT2D eigenvalue weighted by molar-refractivity contribution is -0.161. The molecule has 504 valence electrons. The monoisotopic (exact) mass is 1240 g/mol. The summed E-state index contributed by atoms with van der Waals surface area (Å²) in [7, 11) is 0. The minimum Gasteiger partial charge on any atom is -0.462 e. The average molecular weight is 1240 g/mol. The van der Waals surface area contributed by atoms with Crippen molar-refractivity contribution in [2.24, 2.45) is 0 Å². The standard InChI is InChI=1S/C85H134O5/c1-3-5-7-9-11-13-15-17-19-21-23-25-27-29-31-33-35-37-39-40-41-42-43-44-46-47-49-51-53-55-57-59-61-63-65-67-69-71-73-75-77-79-84(87)89-82-83(81-86)90-85(88)80-78-76-74-72-70-68-66-64-62-60-58-56-54-52-50-48-45-38-36-34-32-30-28-26-24-22-20-18-16-14-12-10-8-6-4-2/h5-8,11-14,17-20,23-26,29-32,35-38,40-41,48,50,54,56,60,62,66,68,83,86H,3-4,9-10,15-16,21-22,27-28,33-34,39,42-47,49,51-53,55,57-59,61,63-65,67,69-82H2,1-2H3/b7-5-,8-6-,13-11-,14-12-,19-17-,20-18-,25-23-,26-24-,31-29-,32-30-,37-35-,38-36-,41-40-,50-48-,56-54-,62-60-,68-66-. The molecule has 1 N–H and O–H groups in total. The minimum absolute atomic E-state index is 0.0863. The number of hydrogen-bond acceptors (Lipinski definition) is 5. The molecule has 0 heterocycles. The molecule has 0 fully saturated rings. The summed E-state index contributed by atoms with van der Waals surface area (Å²) in [5, 5.41) is 9.71. The van der Waals surface area contributed by atoms with E-state index in [-0.39, 0.29) is 25.2 Å². The fraction of sp³-hybridized carbons (Fsp3) is 0.576. The third-order valence-corrected chi connectivity index (χ3v) is 15.1. The van der Waals surface area contributed by atoms with Crippen LogP contribution in [0.5, 0.6) is 0 Å². The lowest BCUT2D eigenvalue weighted by Crippen LogP contribution is -2.28. The highest BCUT2D eigenvalue weighted by molar-refractivity contribution is 5.70. The molecule has 1 unspecified atom stereocenters. The van der Waals surface area contributed by atoms with E-state index in [1.54, 1.807) is 0 Å². The quantitative estimate of drug-likeness (QED) is 0.0373. The van der Waals surface area contributed by atoms with Crippen molar-refractivity contribution in [2.45, 2.75) is 302 Å². The molecule has 0 saturated carbocycles. The third-order valence-electron chi connectivity index (χ3n) is 15.1. The fourth-order valence-corrected chi connectivity index (χ4v) is 9.68. The highest BCUT2D eigenvalue weighted by Crippen LogP contribution is 2.16. The molecule has 0 amide bonds. The maximum atomic E-state index is 12.4. The molecule has 5 nitrogen and oxygen atoms in total. The summed E-state index contributed by atoms with van der Waals surface area (Å²) in [4.78, 5) is 24.7. The maximum absolute atomic E-state index is 12.4. The van der Waals surface area contributed by atoms with Gasteiger partial charge >= 0.3 is 11.9 Å². The lowest BCUT2D eigenvalue weighted by atomic mass is 10.0. The van der Waals surface area contributed by atoms with Crippen LogP contribution in [0.1, 0.15) is 296 Å². The van der Waals surface area contributed by atoms with E-state index in [1.807, 2.05) is 0 Å². The molecule has 5 heteroatoms. The van der Waals surface area contributed by atoms with Gasteiger partial charge in [0.2, 0.25) is 0 Å². The van der Waals surface area contributed by atoms with Gasteiger partial charge in [-0.3, -0.25) is 9.59 Å². The number of esters is 2. The van der Waals surface area contributed by atoms with Crippen molar-refractivity contribution in [2.75, 3.05) is 13.2 Å². The van der Waals surface area contributed by atoms with E-state index < -0.39 is 6.10 Å². The maximum Gasteiger partial charge on any atom is 0.306 e. The largest absolute Gasteiger partial charge is 0.462 e. The molecular formula is C85H134O5. The topological polar surface area (TPSA) is 72.8 Å². The van der Waals surface area contributed by atoms with Crippen molar-refractivity contribution in [3.8, 4) is 0 Å². The molecule has 1 atom stereocenters. The van der Waals surface area contributed by atoms with Crippen LogP contribution >= 0.6 is 0 Å². The van der Waals surface area contributed by atoms with Crippen LogP contribution in [-0.4, -0.2) is 36.4 Å². The van der Waals surface area contributed by atoms with Crippen molar-refractivity contribution < 1.29 is 24.2 Å². The molecule has 0 aromatic heterocycles. The van der Waals surface area contributed by atoms with E-state index in [9.17, 15) is 14.7 Å². The van der Waals surface area contributed by atoms with Gasteiger partial charge < -0.3 is 14.6 Å². The van der Waals surface area contributed by atoms with Crippen LogP contribution in [-0.2, 0) is 19.1 Å². The van der Waals surface area contributed by atoms with Gasteiger partial charge in [0.05, 0.1) is 6.61 Å². The number of aliphatic hydroxyl groups excluding tert-OH is 1. The first kappa shape index (κ1) is 84.5. The number of hydrogen-bond donors (Lipinski definition) is 1. The Hall–Kier alpha value is -5.52. The summed E-state index contributed by atoms with van der Waals surface area (Å²) in [6.45, 7) is 3.89. The van der Waals surface area contributed by atoms with Gasteiger partial charge in [0.15, 0.2) is 6.10 Å². The van der Waals surface area contributed by atoms with Gasteiger partial charge in [-0.15, -0.1) is 0 Å². The highest BCUT2D eigenvalue weighted by atomic mass is 16.6. The fourth-order valence-electron chi connectivity index (χ4n) is 9.68. The number of carbonyl (C=O) groups is 2. The molecule has 0 spiro atoms. The lowest BCUT2D eigenvalue weighted by Gasteiger charge is -2.15. The third kappa shape index (κ3) is 74.9. The summed E-state index contributed by atoms with van der Waals surface area (Å²) >= 11 is 0. The van der Waals surface area contributed by atoms with Crippen LogP contribution in [0, 0.1) is 0 Å². The number of carbonyl (C=O) groups excluding carboxylic acids is 2. The predicted molar refractivity (Wildman–Crippen MR) is 398 cm³/mol. The Kier molecular flexibility index (Phi) is 73.0. The molecule has 0 bridgehead atoms. The Morgan fingerprint density at radius 2 is 0.444 bits per heavy atom. The molecule has 0 aliphatic rings. The number of ether oxygens (including phenoxy) is 2. The number of unbranched alkanes of at least 4 members (excludes halogenated alkanes) is 23. The summed E-state index contributed by atoms with van der Waals surface area (Å²) in [6, 6.07) is 0. The summed E-state index contributed by atoms with van der Waals surface area (Å²) < 4.78 is 10.7. The minimum atomic E-state index is -0.801. The summed E-state index contributed by atoms with van der Waals surface area (Å²) in [6.07, 6.45) is 124. The van der Waals surface area contributed by atoms with Crippen molar-refractivity contribution in [3.05, 3.63) is 207 Å². The van der Waals surface area contributed by atoms with Gasteiger partial charge in [-0.05, 0) is 148 Å². The smallest absolute Gasteiger partial charge is 0.306 e. The second-order valence-corrected chi connectivity index (χ2v) is 23.6. The number of rotatable bonds is 65. The molecule has 0 aromatic carbocycles. The summed E-state index contributed by atoms with van der Waals surface area (Å²) in [5.41, 5.74) is 0. The Morgan fingerprint density at radius 1 is 0.256 bits per heavy atom. The Bertz CT molecular complexity index is 2090. The molecule has 0 aromatic rings. The van der Waals surface area contributed by atoms with Gasteiger partial charge in [-0.25, -0.2) is 0 Å². The van der Waals surface area contributed by atoms with Crippen LogP contribution in [0.25, 0.3) is 0 Å². The normalized spacial score (nSPS) is 13.5. The van der Waals surface area contributed by atoms with E-state index >= 15 is 0 Å². The number of aliphatic hydroxyl groups is 1. The Labute approximate surface area is 555 Å². The van der Waals surface area contributed by atoms with Gasteiger partial charge in [-0.1, -0.05) is 342 Å². The SMILES string of the molecule is CC/C=C\C/C=C\C/C=C\C/C=C\C/C=C\C/C=C\C/C=C\C/C=C\C/C=C\C/C=C\CCCCCCC(=O)OC(CO)COC(=O)CCCCCCCCCCCCCCCCCCCCC/C=C\C/C=C\C/C=C\C/C=C\C/C=C\C/C=C\C/C=C\CC. The second-order valence-electron chi connectivity index (χ2n) is 23.6. The first-order valence-electron chi connectivity index (χ1n) is 36.6. The van der Waals surface area contributed by atoms with Crippen LogP contribution in [0.3, 0.4) is 0 Å². The zero-order chi connectivity index (χ0) is 64.7. The van der Waals surface area contributed by atoms with Gasteiger partial charge in [-0.2, -0.15) is 0 Å². The van der Waals surface area contributed by atoms with E-state index in [0.717, 1.165) is 161 Å². The van der Waals surface area contributed by atoms with Gasteiger partial charge in [0.1, 0.15) is 6.61 Å². The summed E-state index contributed by atoms with van der Waals surface area (Å²) in [5.74, 6) is -0.625. The van der Waals surface area contributed by atoms with E-state index in [4.69, 9.17) is 9.47 Å². The molecule has 0 radical (unpaired) electrons. The van der Waals surface area contributed by atoms with Crippen molar-refractivity contribution >= 4 is 11.9 Å². The molecule has 90 heavy (non-hydrogen) atoms. The predicted octanol–water partition coefficient (Wildman–Crippen LogP) is 26.1. The van der Waals surface area contributed by atoms with Crippen LogP contribution in [0.4, 0.5) is 0 Å². The molecule has 0 saturated heterocycles. The van der Waals surface area contributed by atoms with E-state index in [0.29, 0.717) is 12.8 Å². The molecule has 0 rings (SSSR count). The second kappa shape index (κ2) is 77.7. The molecular weight excluding hydrogens is 1100 g/mol. The van der Waals surface area contributed by atoms with Crippen LogP contribution in [0.2, 0.25) is 0 Å². The molecule has 0 aliphatic heterocycles. The van der Waals surface area contributed by atoms with E-state index in [2.05, 4.69) is 220 Å². The van der Waals surface area contributed by atoms with Crippen molar-refractivity contribution in [1.82, 2.24) is 0 Å². The Morgan fingerprint density at radius 3 is 0.667 bits per heavy atom. The van der Waals surface area contributed by atoms with Crippen LogP contribution < -0.4 is 0 Å². The van der Waals surface area contributed by atoms with Crippen LogP contribution in [0.15, 0.2) is 207 Å². The average Bonchev–Trinajstić information content (AvgIpc) is 3.58. The Balaban J connectivity index is 3.57. The zero-order valence-electron chi connectivity index (χ0n) is 57.8. The first-order valence-corrected chi connectivity index (χ1v) is 36.6. The van der Waals surface area contributed by atoms with E-state index in [1.165, 1.54) is 109 Å². The van der Waals surface area contributed by atoms with Gasteiger partial charge in [0.25, 0.3) is 0 Å². The first-order chi connectivity index (χ1) is 44.6.